The molecule has 12 nitrogen and oxygen atoms in total. The number of rotatable bonds is 8. The van der Waals surface area contributed by atoms with Crippen LogP contribution in [0.15, 0.2) is 48.5 Å². The summed E-state index contributed by atoms with van der Waals surface area (Å²) in [5, 5.41) is 16.0. The van der Waals surface area contributed by atoms with E-state index in [-0.39, 0.29) is 37.4 Å². The van der Waals surface area contributed by atoms with Crippen molar-refractivity contribution in [1.82, 2.24) is 20.4 Å². The van der Waals surface area contributed by atoms with E-state index in [1.165, 1.54) is 22.6 Å². The minimum atomic E-state index is -4.36. The average Bonchev–Trinajstić information content (AvgIpc) is 3.22. The van der Waals surface area contributed by atoms with E-state index in [9.17, 15) is 41.0 Å². The minimum Gasteiger partial charge on any atom is -0.506 e. The molecule has 4 fully saturated rings. The normalized spacial score (nSPS) is 22.3. The number of hydrogen-bond donors (Lipinski definition) is 3. The predicted octanol–water partition coefficient (Wildman–Crippen LogP) is 10.6. The molecule has 0 spiro atoms. The Morgan fingerprint density at radius 1 is 0.606 bits per heavy atom. The van der Waals surface area contributed by atoms with Crippen LogP contribution in [-0.4, -0.2) is 138 Å². The number of carbonyl (C=O) groups is 2. The van der Waals surface area contributed by atoms with Crippen LogP contribution < -0.4 is 25.2 Å². The molecule has 0 unspecified atom stereocenters. The number of aromatic hydroxyl groups is 1. The number of carbonyl (C=O) groups excluding carboxylic acids is 2. The zero-order valence-corrected chi connectivity index (χ0v) is 40.7. The number of halogens is 7. The third-order valence-corrected chi connectivity index (χ3v) is 12.3. The zero-order valence-electron chi connectivity index (χ0n) is 38.6. The van der Waals surface area contributed by atoms with Crippen molar-refractivity contribution in [2.75, 3.05) is 73.2 Å². The van der Waals surface area contributed by atoms with Gasteiger partial charge in [-0.25, -0.2) is 9.59 Å². The number of hydrogen-bond acceptors (Lipinski definition) is 10. The second-order valence-electron chi connectivity index (χ2n) is 19.0. The molecule has 0 aromatic heterocycles. The first kappa shape index (κ1) is 56.7. The monoisotopic (exact) mass is 1060 g/mol. The third-order valence-electron chi connectivity index (χ3n) is 11.5. The number of phenolic OH excluding ortho intramolecular Hbond substituents is 1. The number of alkyl carbamates (subject to hydrolysis) is 2. The summed E-state index contributed by atoms with van der Waals surface area (Å²) in [6.07, 6.45) is -0.929. The highest BCUT2D eigenvalue weighted by molar-refractivity contribution is 14.1. The molecule has 2 amide bonds. The van der Waals surface area contributed by atoms with Crippen LogP contribution in [0.5, 0.6) is 11.5 Å². The zero-order chi connectivity index (χ0) is 48.0. The van der Waals surface area contributed by atoms with Gasteiger partial charge in [-0.2, -0.15) is 26.3 Å². The summed E-state index contributed by atoms with van der Waals surface area (Å²) in [5.41, 5.74) is 0.690. The van der Waals surface area contributed by atoms with Crippen LogP contribution in [0.2, 0.25) is 0 Å². The van der Waals surface area contributed by atoms with E-state index < -0.39 is 34.6 Å². The highest BCUT2D eigenvalue weighted by Gasteiger charge is 2.33. The van der Waals surface area contributed by atoms with Gasteiger partial charge in [0.1, 0.15) is 22.7 Å². The van der Waals surface area contributed by atoms with E-state index >= 15 is 0 Å². The Hall–Kier alpha value is -3.59. The van der Waals surface area contributed by atoms with Crippen molar-refractivity contribution in [2.24, 2.45) is 0 Å². The second-order valence-corrected chi connectivity index (χ2v) is 19.7. The summed E-state index contributed by atoms with van der Waals surface area (Å²) >= 11 is 1.27. The lowest BCUT2D eigenvalue weighted by atomic mass is 9.90. The molecule has 2 saturated carbocycles. The number of benzene rings is 2. The van der Waals surface area contributed by atoms with Gasteiger partial charge in [0.25, 0.3) is 0 Å². The quantitative estimate of drug-likeness (QED) is 0.134. The standard InChI is InChI=1S/C23H34F3N3O3.C21H33N3O3.C2H2F3I.CH4/c1-22(2,3)32-21(30)27-17-8-10-18(11-9-17)28-12-14-29(15-13-28)19-6-4-5-7-20(19)31-16-23(24,25)26;1-21(2,3)27-20(26)22-16-8-10-17(11-9-16)23-12-14-24(15-13-23)18-6-4-5-7-19(18)25;3-2(4,5)1-6;/h4-7,17-18H,8-16H2,1-3H3,(H,27,30);4-7,16-17,25H,8-15H2,1-3H3,(H,22,26);1H2;1H4. The maximum absolute atomic E-state index is 12.6. The lowest BCUT2D eigenvalue weighted by Gasteiger charge is -2.43. The molecular formula is C47H73F6IN6O6. The van der Waals surface area contributed by atoms with E-state index in [1.54, 1.807) is 18.2 Å². The SMILES string of the molecule is C.CC(C)(C)OC(=O)NC1CCC(N2CCN(c3ccccc3O)CC2)CC1.CC(C)(C)OC(=O)NC1CCC(N2CCN(c3ccccc3OCC(F)(F)F)CC2)CC1.FC(F)(F)CI. The fraction of sp³-hybridized carbons (Fsp3) is 0.702. The molecule has 19 heteroatoms. The second kappa shape index (κ2) is 25.7. The van der Waals surface area contributed by atoms with Gasteiger partial charge in [0.15, 0.2) is 6.61 Å². The number of piperazine rings is 2. The van der Waals surface area contributed by atoms with Crippen molar-refractivity contribution in [2.45, 2.75) is 148 Å². The number of para-hydroxylation sites is 4. The van der Waals surface area contributed by atoms with Gasteiger partial charge in [0, 0.05) is 76.5 Å². The van der Waals surface area contributed by atoms with Crippen molar-refractivity contribution in [3.8, 4) is 11.5 Å². The minimum absolute atomic E-state index is 0. The molecule has 3 N–H and O–H groups in total. The van der Waals surface area contributed by atoms with Gasteiger partial charge in [0.2, 0.25) is 0 Å². The van der Waals surface area contributed by atoms with Gasteiger partial charge in [-0.15, -0.1) is 0 Å². The van der Waals surface area contributed by atoms with E-state index in [4.69, 9.17) is 14.2 Å². The van der Waals surface area contributed by atoms with Gasteiger partial charge < -0.3 is 39.8 Å². The first-order valence-electron chi connectivity index (χ1n) is 22.5. The number of phenols is 1. The Labute approximate surface area is 401 Å². The molecule has 2 heterocycles. The molecule has 66 heavy (non-hydrogen) atoms. The molecule has 6 rings (SSSR count). The predicted molar refractivity (Wildman–Crippen MR) is 256 cm³/mol. The van der Waals surface area contributed by atoms with Gasteiger partial charge >= 0.3 is 24.5 Å². The molecule has 2 aliphatic heterocycles. The molecular weight excluding hydrogens is 985 g/mol. The highest BCUT2D eigenvalue weighted by Crippen LogP contribution is 2.33. The summed E-state index contributed by atoms with van der Waals surface area (Å²) in [5.74, 6) is 0.631. The van der Waals surface area contributed by atoms with E-state index in [0.717, 1.165) is 109 Å². The van der Waals surface area contributed by atoms with Crippen molar-refractivity contribution >= 4 is 46.2 Å². The molecule has 4 aliphatic rings. The Balaban J connectivity index is 0.000000311. The van der Waals surface area contributed by atoms with Crippen molar-refractivity contribution < 1.29 is 55.2 Å². The number of nitrogens with zero attached hydrogens (tertiary/aromatic N) is 4. The first-order chi connectivity index (χ1) is 30.4. The smallest absolute Gasteiger partial charge is 0.422 e. The van der Waals surface area contributed by atoms with Gasteiger partial charge in [-0.1, -0.05) is 54.3 Å². The fourth-order valence-corrected chi connectivity index (χ4v) is 8.51. The third kappa shape index (κ3) is 20.7. The highest BCUT2D eigenvalue weighted by atomic mass is 127. The number of nitrogens with one attached hydrogen (secondary N) is 2. The Morgan fingerprint density at radius 3 is 1.33 bits per heavy atom. The van der Waals surface area contributed by atoms with Crippen LogP contribution in [0.1, 0.15) is 100 Å². The topological polar surface area (TPSA) is 119 Å². The van der Waals surface area contributed by atoms with Crippen LogP contribution >= 0.6 is 22.6 Å². The number of anilines is 2. The first-order valence-corrected chi connectivity index (χ1v) is 24.1. The largest absolute Gasteiger partial charge is 0.506 e. The Kier molecular flexibility index (Phi) is 22.1. The maximum Gasteiger partial charge on any atom is 0.422 e. The molecule has 0 atom stereocenters. The van der Waals surface area contributed by atoms with Crippen molar-refractivity contribution in [3.05, 3.63) is 48.5 Å². The van der Waals surface area contributed by atoms with Crippen LogP contribution in [0.4, 0.5) is 47.3 Å². The lowest BCUT2D eigenvalue weighted by Crippen LogP contribution is -2.52. The average molecular weight is 1060 g/mol. The van der Waals surface area contributed by atoms with Crippen molar-refractivity contribution in [3.63, 3.8) is 0 Å². The van der Waals surface area contributed by atoms with Gasteiger partial charge in [0.05, 0.1) is 15.8 Å². The molecule has 0 bridgehead atoms. The Bertz CT molecular complexity index is 1750. The molecule has 2 aromatic carbocycles. The number of alkyl halides is 7. The number of amides is 2. The lowest BCUT2D eigenvalue weighted by molar-refractivity contribution is -0.153. The fourth-order valence-electron chi connectivity index (χ4n) is 8.51. The van der Waals surface area contributed by atoms with Crippen LogP contribution in [0.3, 0.4) is 0 Å². The van der Waals surface area contributed by atoms with Gasteiger partial charge in [-0.3, -0.25) is 9.80 Å². The van der Waals surface area contributed by atoms with E-state index in [2.05, 4.69) is 30.2 Å². The van der Waals surface area contributed by atoms with Crippen LogP contribution in [-0.2, 0) is 9.47 Å². The van der Waals surface area contributed by atoms with Crippen LogP contribution in [0.25, 0.3) is 0 Å². The van der Waals surface area contributed by atoms with Crippen molar-refractivity contribution in [1.29, 1.82) is 0 Å². The molecule has 2 aromatic rings. The molecule has 376 valence electrons. The molecule has 2 aliphatic carbocycles. The van der Waals surface area contributed by atoms with Crippen LogP contribution in [0, 0.1) is 0 Å². The van der Waals surface area contributed by atoms with E-state index in [1.807, 2.05) is 71.9 Å². The summed E-state index contributed by atoms with van der Waals surface area (Å²) in [7, 11) is 0. The summed E-state index contributed by atoms with van der Waals surface area (Å²) < 4.78 is 85.0. The van der Waals surface area contributed by atoms with E-state index in [0.29, 0.717) is 23.5 Å². The molecule has 2 saturated heterocycles. The number of ether oxygens (including phenoxy) is 3. The summed E-state index contributed by atoms with van der Waals surface area (Å²) in [4.78, 5) is 33.3. The Morgan fingerprint density at radius 2 is 0.970 bits per heavy atom. The summed E-state index contributed by atoms with van der Waals surface area (Å²) in [6.45, 7) is 17.0. The maximum atomic E-state index is 12.6. The van der Waals surface area contributed by atoms with Gasteiger partial charge in [-0.05, 0) is 117 Å². The molecule has 0 radical (unpaired) electrons. The summed E-state index contributed by atoms with van der Waals surface area (Å²) in [6, 6.07) is 15.9.